The lowest BCUT2D eigenvalue weighted by molar-refractivity contribution is -0.132. The Morgan fingerprint density at radius 1 is 1.25 bits per heavy atom. The summed E-state index contributed by atoms with van der Waals surface area (Å²) in [5.74, 6) is 4.44. The first-order chi connectivity index (χ1) is 11.6. The number of amides is 2. The molecule has 2 unspecified atom stereocenters. The standard InChI is InChI=1S/C18H24N2O4/c1-3-16(22)20-17(18(23)19-11-7-8-12-21)14(2)24-13-15-9-5-4-6-10-15/h4-6,9-10,14,17,21H,3,11-13H2,1-2H3,(H,19,23)(H,20,22). The molecule has 2 amide bonds. The number of hydrogen-bond acceptors (Lipinski definition) is 4. The van der Waals surface area contributed by atoms with Crippen molar-refractivity contribution in [1.29, 1.82) is 0 Å². The number of aliphatic hydroxyl groups is 1. The maximum absolute atomic E-state index is 12.3. The van der Waals surface area contributed by atoms with Gasteiger partial charge in [0.25, 0.3) is 0 Å². The van der Waals surface area contributed by atoms with E-state index in [9.17, 15) is 9.59 Å². The lowest BCUT2D eigenvalue weighted by Crippen LogP contribution is -2.53. The molecule has 0 saturated heterocycles. The van der Waals surface area contributed by atoms with E-state index in [1.54, 1.807) is 13.8 Å². The van der Waals surface area contributed by atoms with Gasteiger partial charge in [-0.2, -0.15) is 0 Å². The van der Waals surface area contributed by atoms with E-state index >= 15 is 0 Å². The van der Waals surface area contributed by atoms with Gasteiger partial charge >= 0.3 is 0 Å². The molecule has 3 N–H and O–H groups in total. The van der Waals surface area contributed by atoms with Gasteiger partial charge in [-0.05, 0) is 12.5 Å². The molecule has 6 nitrogen and oxygen atoms in total. The van der Waals surface area contributed by atoms with Crippen LogP contribution in [0.15, 0.2) is 30.3 Å². The lowest BCUT2D eigenvalue weighted by atomic mass is 10.1. The van der Waals surface area contributed by atoms with E-state index in [0.29, 0.717) is 6.61 Å². The van der Waals surface area contributed by atoms with Gasteiger partial charge in [0, 0.05) is 6.42 Å². The Hall–Kier alpha value is -2.36. The van der Waals surface area contributed by atoms with Crippen LogP contribution >= 0.6 is 0 Å². The lowest BCUT2D eigenvalue weighted by Gasteiger charge is -2.24. The summed E-state index contributed by atoms with van der Waals surface area (Å²) in [6, 6.07) is 8.78. The fourth-order valence-corrected chi connectivity index (χ4v) is 1.93. The van der Waals surface area contributed by atoms with Gasteiger partial charge in [-0.25, -0.2) is 0 Å². The molecule has 2 atom stereocenters. The van der Waals surface area contributed by atoms with Gasteiger partial charge in [-0.3, -0.25) is 9.59 Å². The first-order valence-corrected chi connectivity index (χ1v) is 7.87. The topological polar surface area (TPSA) is 87.7 Å². The number of carbonyl (C=O) groups excluding carboxylic acids is 2. The minimum absolute atomic E-state index is 0.100. The van der Waals surface area contributed by atoms with E-state index in [1.807, 2.05) is 30.3 Å². The number of benzene rings is 1. The smallest absolute Gasteiger partial charge is 0.246 e. The Labute approximate surface area is 142 Å². The van der Waals surface area contributed by atoms with Crippen molar-refractivity contribution < 1.29 is 19.4 Å². The van der Waals surface area contributed by atoms with Gasteiger partial charge in [0.2, 0.25) is 11.8 Å². The largest absolute Gasteiger partial charge is 0.384 e. The summed E-state index contributed by atoms with van der Waals surface area (Å²) in [4.78, 5) is 23.9. The zero-order chi connectivity index (χ0) is 17.8. The number of ether oxygens (including phenoxy) is 1. The van der Waals surface area contributed by atoms with Crippen molar-refractivity contribution in [2.75, 3.05) is 13.2 Å². The van der Waals surface area contributed by atoms with Gasteiger partial charge in [0.1, 0.15) is 12.6 Å². The molecule has 0 aromatic heterocycles. The minimum Gasteiger partial charge on any atom is -0.384 e. The molecule has 6 heteroatoms. The van der Waals surface area contributed by atoms with Gasteiger partial charge in [-0.1, -0.05) is 49.1 Å². The van der Waals surface area contributed by atoms with Crippen LogP contribution in [0.5, 0.6) is 0 Å². The Morgan fingerprint density at radius 2 is 1.96 bits per heavy atom. The van der Waals surface area contributed by atoms with E-state index in [0.717, 1.165) is 5.56 Å². The highest BCUT2D eigenvalue weighted by molar-refractivity contribution is 5.88. The van der Waals surface area contributed by atoms with Crippen molar-refractivity contribution in [1.82, 2.24) is 10.6 Å². The van der Waals surface area contributed by atoms with Gasteiger partial charge in [-0.15, -0.1) is 0 Å². The third-order valence-corrected chi connectivity index (χ3v) is 3.30. The highest BCUT2D eigenvalue weighted by Gasteiger charge is 2.26. The second kappa shape index (κ2) is 11.2. The summed E-state index contributed by atoms with van der Waals surface area (Å²) in [5.41, 5.74) is 0.985. The van der Waals surface area contributed by atoms with Crippen LogP contribution in [0.1, 0.15) is 25.8 Å². The van der Waals surface area contributed by atoms with Crippen LogP contribution in [0, 0.1) is 11.8 Å². The average molecular weight is 332 g/mol. The van der Waals surface area contributed by atoms with Crippen LogP contribution in [0.2, 0.25) is 0 Å². The summed E-state index contributed by atoms with van der Waals surface area (Å²) in [7, 11) is 0. The van der Waals surface area contributed by atoms with E-state index in [2.05, 4.69) is 22.5 Å². The molecule has 0 radical (unpaired) electrons. The number of aliphatic hydroxyl groups excluding tert-OH is 1. The number of rotatable bonds is 8. The van der Waals surface area contributed by atoms with Crippen molar-refractivity contribution in [3.05, 3.63) is 35.9 Å². The van der Waals surface area contributed by atoms with Crippen LogP contribution in [-0.2, 0) is 20.9 Å². The molecule has 0 aliphatic rings. The average Bonchev–Trinajstić information content (AvgIpc) is 2.61. The van der Waals surface area contributed by atoms with Crippen LogP contribution in [0.3, 0.4) is 0 Å². The molecule has 0 aliphatic carbocycles. The number of nitrogens with one attached hydrogen (secondary N) is 2. The maximum atomic E-state index is 12.3. The summed E-state index contributed by atoms with van der Waals surface area (Å²) >= 11 is 0. The van der Waals surface area contributed by atoms with Crippen LogP contribution in [-0.4, -0.2) is 42.2 Å². The fraction of sp³-hybridized carbons (Fsp3) is 0.444. The van der Waals surface area contributed by atoms with E-state index in [1.165, 1.54) is 0 Å². The Kier molecular flexibility index (Phi) is 9.20. The molecule has 130 valence electrons. The Morgan fingerprint density at radius 3 is 2.58 bits per heavy atom. The van der Waals surface area contributed by atoms with E-state index < -0.39 is 12.1 Å². The van der Waals surface area contributed by atoms with E-state index in [-0.39, 0.29) is 31.4 Å². The zero-order valence-electron chi connectivity index (χ0n) is 14.0. The third kappa shape index (κ3) is 7.27. The highest BCUT2D eigenvalue weighted by Crippen LogP contribution is 2.07. The fourth-order valence-electron chi connectivity index (χ4n) is 1.93. The predicted octanol–water partition coefficient (Wildman–Crippen LogP) is 0.598. The van der Waals surface area contributed by atoms with Gasteiger partial charge in [0.15, 0.2) is 0 Å². The predicted molar refractivity (Wildman–Crippen MR) is 90.8 cm³/mol. The molecule has 1 aromatic carbocycles. The molecule has 0 spiro atoms. The zero-order valence-corrected chi connectivity index (χ0v) is 14.0. The van der Waals surface area contributed by atoms with Crippen molar-refractivity contribution in [2.24, 2.45) is 0 Å². The molecule has 0 saturated carbocycles. The van der Waals surface area contributed by atoms with Crippen molar-refractivity contribution in [3.8, 4) is 11.8 Å². The second-order valence-electron chi connectivity index (χ2n) is 5.13. The first-order valence-electron chi connectivity index (χ1n) is 7.87. The summed E-state index contributed by atoms with van der Waals surface area (Å²) in [6.45, 7) is 3.64. The highest BCUT2D eigenvalue weighted by atomic mass is 16.5. The monoisotopic (exact) mass is 332 g/mol. The Balaban J connectivity index is 2.65. The molecular weight excluding hydrogens is 308 g/mol. The molecule has 0 heterocycles. The summed E-state index contributed by atoms with van der Waals surface area (Å²) in [6.07, 6.45) is -0.231. The summed E-state index contributed by atoms with van der Waals surface area (Å²) < 4.78 is 5.73. The second-order valence-corrected chi connectivity index (χ2v) is 5.13. The molecule has 0 bridgehead atoms. The van der Waals surface area contributed by atoms with Crippen molar-refractivity contribution >= 4 is 11.8 Å². The van der Waals surface area contributed by atoms with Gasteiger partial charge < -0.3 is 20.5 Å². The summed E-state index contributed by atoms with van der Waals surface area (Å²) in [5, 5.41) is 13.9. The maximum Gasteiger partial charge on any atom is 0.246 e. The third-order valence-electron chi connectivity index (χ3n) is 3.30. The molecule has 1 aromatic rings. The van der Waals surface area contributed by atoms with Crippen molar-refractivity contribution in [2.45, 2.75) is 39.0 Å². The minimum atomic E-state index is -0.808. The normalized spacial score (nSPS) is 12.5. The molecule has 1 rings (SSSR count). The SMILES string of the molecule is CCC(=O)NC(C(=O)NCC#CCO)C(C)OCc1ccccc1. The number of carbonyl (C=O) groups is 2. The quantitative estimate of drug-likeness (QED) is 0.608. The van der Waals surface area contributed by atoms with E-state index in [4.69, 9.17) is 9.84 Å². The van der Waals surface area contributed by atoms with Gasteiger partial charge in [0.05, 0.1) is 19.3 Å². The van der Waals surface area contributed by atoms with Crippen LogP contribution in [0.25, 0.3) is 0 Å². The molecule has 0 aliphatic heterocycles. The molecule has 24 heavy (non-hydrogen) atoms. The Bertz CT molecular complexity index is 578. The molecule has 0 fully saturated rings. The molecular formula is C18H24N2O4. The van der Waals surface area contributed by atoms with Crippen molar-refractivity contribution in [3.63, 3.8) is 0 Å². The first kappa shape index (κ1) is 19.7. The van der Waals surface area contributed by atoms with Crippen LogP contribution in [0.4, 0.5) is 0 Å². The van der Waals surface area contributed by atoms with Crippen LogP contribution < -0.4 is 10.6 Å². The number of hydrogen-bond donors (Lipinski definition) is 3.